The Hall–Kier alpha value is -2.40. The molecule has 0 saturated carbocycles. The van der Waals surface area contributed by atoms with Crippen molar-refractivity contribution in [2.24, 2.45) is 0 Å². The number of hydrogen-bond acceptors (Lipinski definition) is 1. The lowest BCUT2D eigenvalue weighted by Gasteiger charge is -2.07. The molecule has 0 atom stereocenters. The first-order chi connectivity index (χ1) is 8.24. The Bertz CT molecular complexity index is 609. The summed E-state index contributed by atoms with van der Waals surface area (Å²) in [6.07, 6.45) is 0.840. The van der Waals surface area contributed by atoms with Gasteiger partial charge in [0.25, 0.3) is 0 Å². The first-order valence-electron chi connectivity index (χ1n) is 5.28. The zero-order valence-electron chi connectivity index (χ0n) is 9.47. The third-order valence-corrected chi connectivity index (χ3v) is 2.67. The number of carbonyl (C=O) groups is 1. The second-order valence-electron chi connectivity index (χ2n) is 3.85. The van der Waals surface area contributed by atoms with Crippen LogP contribution in [-0.4, -0.2) is 6.29 Å². The fourth-order valence-electron chi connectivity index (χ4n) is 1.82. The molecule has 82 valence electrons. The van der Waals surface area contributed by atoms with Crippen LogP contribution < -0.4 is 0 Å². The van der Waals surface area contributed by atoms with Crippen LogP contribution >= 0.6 is 0 Å². The highest BCUT2D eigenvalue weighted by Gasteiger charge is 2.03. The highest BCUT2D eigenvalue weighted by atomic mass is 16.1. The smallest absolute Gasteiger partial charge is 0.187 e. The van der Waals surface area contributed by atoms with Crippen molar-refractivity contribution < 1.29 is 4.79 Å². The molecule has 0 aliphatic rings. The van der Waals surface area contributed by atoms with E-state index < -0.39 is 0 Å². The molecule has 0 spiro atoms. The summed E-state index contributed by atoms with van der Waals surface area (Å²) in [6, 6.07) is 13.0. The Kier molecular flexibility index (Phi) is 3.02. The standard InChI is InChI=1S/C15H11NO/c1-11-8-14(16-2)6-7-15(11)13-5-3-4-12(9-13)10-17/h3-10H,1H3. The number of aldehydes is 1. The second-order valence-corrected chi connectivity index (χ2v) is 3.85. The van der Waals surface area contributed by atoms with Crippen LogP contribution in [0.3, 0.4) is 0 Å². The van der Waals surface area contributed by atoms with Gasteiger partial charge >= 0.3 is 0 Å². The van der Waals surface area contributed by atoms with Gasteiger partial charge in [0, 0.05) is 5.56 Å². The van der Waals surface area contributed by atoms with Crippen LogP contribution in [-0.2, 0) is 0 Å². The lowest BCUT2D eigenvalue weighted by Crippen LogP contribution is -1.85. The zero-order valence-corrected chi connectivity index (χ0v) is 9.47. The number of rotatable bonds is 2. The van der Waals surface area contributed by atoms with E-state index in [2.05, 4.69) is 4.85 Å². The van der Waals surface area contributed by atoms with E-state index in [9.17, 15) is 4.79 Å². The summed E-state index contributed by atoms with van der Waals surface area (Å²) in [7, 11) is 0. The molecule has 17 heavy (non-hydrogen) atoms. The van der Waals surface area contributed by atoms with Gasteiger partial charge in [-0.05, 0) is 24.1 Å². The molecule has 2 aromatic carbocycles. The molecule has 0 fully saturated rings. The number of benzene rings is 2. The summed E-state index contributed by atoms with van der Waals surface area (Å²) < 4.78 is 0. The molecule has 2 aromatic rings. The van der Waals surface area contributed by atoms with Gasteiger partial charge in [0.05, 0.1) is 6.57 Å². The molecule has 0 aromatic heterocycles. The van der Waals surface area contributed by atoms with Crippen molar-refractivity contribution in [3.05, 3.63) is 65.0 Å². The monoisotopic (exact) mass is 221 g/mol. The molecule has 2 rings (SSSR count). The van der Waals surface area contributed by atoms with Crippen molar-refractivity contribution in [2.45, 2.75) is 6.92 Å². The van der Waals surface area contributed by atoms with Gasteiger partial charge < -0.3 is 0 Å². The molecule has 2 nitrogen and oxygen atoms in total. The fraction of sp³-hybridized carbons (Fsp3) is 0.0667. The summed E-state index contributed by atoms with van der Waals surface area (Å²) >= 11 is 0. The number of hydrogen-bond donors (Lipinski definition) is 0. The van der Waals surface area contributed by atoms with E-state index in [4.69, 9.17) is 6.57 Å². The van der Waals surface area contributed by atoms with E-state index >= 15 is 0 Å². The van der Waals surface area contributed by atoms with Crippen LogP contribution in [0.2, 0.25) is 0 Å². The maximum Gasteiger partial charge on any atom is 0.187 e. The Morgan fingerprint density at radius 3 is 2.65 bits per heavy atom. The SMILES string of the molecule is [C-]#[N+]c1ccc(-c2cccc(C=O)c2)c(C)c1. The molecule has 0 bridgehead atoms. The van der Waals surface area contributed by atoms with Gasteiger partial charge in [-0.15, -0.1) is 0 Å². The first kappa shape index (κ1) is 11.1. The van der Waals surface area contributed by atoms with Crippen LogP contribution in [0, 0.1) is 13.5 Å². The molecule has 0 amide bonds. The van der Waals surface area contributed by atoms with Gasteiger partial charge in [-0.1, -0.05) is 42.0 Å². The highest BCUT2D eigenvalue weighted by Crippen LogP contribution is 2.27. The molecule has 2 heteroatoms. The summed E-state index contributed by atoms with van der Waals surface area (Å²) in [5.41, 5.74) is 4.40. The Balaban J connectivity index is 2.53. The minimum atomic E-state index is 0.637. The predicted molar refractivity (Wildman–Crippen MR) is 68.3 cm³/mol. The number of nitrogens with zero attached hydrogens (tertiary/aromatic N) is 1. The van der Waals surface area contributed by atoms with Crippen LogP contribution in [0.1, 0.15) is 15.9 Å². The number of carbonyl (C=O) groups excluding carboxylic acids is 1. The van der Waals surface area contributed by atoms with Crippen molar-refractivity contribution in [2.75, 3.05) is 0 Å². The molecule has 0 aliphatic carbocycles. The predicted octanol–water partition coefficient (Wildman–Crippen LogP) is 4.03. The molecule has 0 unspecified atom stereocenters. The van der Waals surface area contributed by atoms with Crippen molar-refractivity contribution in [1.82, 2.24) is 0 Å². The zero-order chi connectivity index (χ0) is 12.3. The summed E-state index contributed by atoms with van der Waals surface area (Å²) in [5.74, 6) is 0. The highest BCUT2D eigenvalue weighted by molar-refractivity contribution is 5.80. The summed E-state index contributed by atoms with van der Waals surface area (Å²) in [5, 5.41) is 0. The van der Waals surface area contributed by atoms with Crippen molar-refractivity contribution in [3.8, 4) is 11.1 Å². The molecule has 0 saturated heterocycles. The fourth-order valence-corrected chi connectivity index (χ4v) is 1.82. The first-order valence-corrected chi connectivity index (χ1v) is 5.28. The van der Waals surface area contributed by atoms with Gasteiger partial charge in [-0.25, -0.2) is 4.85 Å². The van der Waals surface area contributed by atoms with Gasteiger partial charge in [0.1, 0.15) is 6.29 Å². The molecular weight excluding hydrogens is 210 g/mol. The minimum absolute atomic E-state index is 0.637. The van der Waals surface area contributed by atoms with E-state index in [1.54, 1.807) is 12.1 Å². The number of aryl methyl sites for hydroxylation is 1. The average Bonchev–Trinajstić information content (AvgIpc) is 2.38. The average molecular weight is 221 g/mol. The molecular formula is C15H11NO. The van der Waals surface area contributed by atoms with E-state index in [1.807, 2.05) is 37.3 Å². The maximum absolute atomic E-state index is 10.7. The quantitative estimate of drug-likeness (QED) is 0.554. The summed E-state index contributed by atoms with van der Waals surface area (Å²) in [4.78, 5) is 14.1. The van der Waals surface area contributed by atoms with Crippen molar-refractivity contribution in [1.29, 1.82) is 0 Å². The van der Waals surface area contributed by atoms with Crippen molar-refractivity contribution >= 4 is 12.0 Å². The van der Waals surface area contributed by atoms with Crippen LogP contribution in [0.5, 0.6) is 0 Å². The maximum atomic E-state index is 10.7. The third-order valence-electron chi connectivity index (χ3n) is 2.67. The Morgan fingerprint density at radius 2 is 2.00 bits per heavy atom. The van der Waals surface area contributed by atoms with E-state index in [-0.39, 0.29) is 0 Å². The normalized spacial score (nSPS) is 9.65. The largest absolute Gasteiger partial charge is 0.298 e. The molecule has 0 aliphatic heterocycles. The van der Waals surface area contributed by atoms with E-state index in [0.29, 0.717) is 11.3 Å². The second kappa shape index (κ2) is 4.63. The molecule has 0 heterocycles. The minimum Gasteiger partial charge on any atom is -0.298 e. The van der Waals surface area contributed by atoms with E-state index in [1.165, 1.54) is 0 Å². The van der Waals surface area contributed by atoms with Gasteiger partial charge in [0.15, 0.2) is 5.69 Å². The van der Waals surface area contributed by atoms with Crippen LogP contribution in [0.4, 0.5) is 5.69 Å². The topological polar surface area (TPSA) is 21.4 Å². The van der Waals surface area contributed by atoms with Crippen molar-refractivity contribution in [3.63, 3.8) is 0 Å². The lowest BCUT2D eigenvalue weighted by molar-refractivity contribution is 0.112. The van der Waals surface area contributed by atoms with Gasteiger partial charge in [-0.3, -0.25) is 4.79 Å². The summed E-state index contributed by atoms with van der Waals surface area (Å²) in [6.45, 7) is 8.93. The van der Waals surface area contributed by atoms with E-state index in [0.717, 1.165) is 23.0 Å². The molecule has 0 N–H and O–H groups in total. The lowest BCUT2D eigenvalue weighted by atomic mass is 9.99. The van der Waals surface area contributed by atoms with Crippen LogP contribution in [0.25, 0.3) is 16.0 Å². The Labute approximate surface area is 100 Å². The molecule has 0 radical (unpaired) electrons. The Morgan fingerprint density at radius 1 is 1.18 bits per heavy atom. The van der Waals surface area contributed by atoms with Gasteiger partial charge in [0.2, 0.25) is 0 Å². The third kappa shape index (κ3) is 2.24. The van der Waals surface area contributed by atoms with Crippen LogP contribution in [0.15, 0.2) is 42.5 Å². The van der Waals surface area contributed by atoms with Gasteiger partial charge in [-0.2, -0.15) is 0 Å².